The number of amides is 1. The molecule has 146 valence electrons. The van der Waals surface area contributed by atoms with Crippen molar-refractivity contribution in [1.82, 2.24) is 20.0 Å². The van der Waals surface area contributed by atoms with Crippen molar-refractivity contribution in [3.05, 3.63) is 48.3 Å². The van der Waals surface area contributed by atoms with E-state index in [2.05, 4.69) is 43.0 Å². The van der Waals surface area contributed by atoms with E-state index in [9.17, 15) is 4.79 Å². The van der Waals surface area contributed by atoms with E-state index in [-0.39, 0.29) is 11.4 Å². The first-order valence-electron chi connectivity index (χ1n) is 9.94. The second-order valence-electron chi connectivity index (χ2n) is 8.75. The maximum Gasteiger partial charge on any atom is 0.224 e. The van der Waals surface area contributed by atoms with Crippen LogP contribution in [0.4, 0.5) is 0 Å². The number of hydrogen-bond donors (Lipinski definition) is 1. The highest BCUT2D eigenvalue weighted by Crippen LogP contribution is 2.26. The van der Waals surface area contributed by atoms with Gasteiger partial charge in [0.15, 0.2) is 0 Å². The Hall–Kier alpha value is -2.14. The Morgan fingerprint density at radius 1 is 1.19 bits per heavy atom. The lowest BCUT2D eigenvalue weighted by molar-refractivity contribution is -0.121. The first-order chi connectivity index (χ1) is 12.8. The molecule has 1 saturated heterocycles. The topological polar surface area (TPSA) is 50.2 Å². The Kier molecular flexibility index (Phi) is 6.00. The fourth-order valence-electron chi connectivity index (χ4n) is 4.01. The minimum Gasteiger partial charge on any atom is -0.354 e. The number of piperidine rings is 1. The van der Waals surface area contributed by atoms with Gasteiger partial charge in [-0.15, -0.1) is 0 Å². The number of nitrogens with one attached hydrogen (secondary N) is 1. The molecule has 2 heterocycles. The van der Waals surface area contributed by atoms with E-state index in [0.29, 0.717) is 24.8 Å². The molecule has 1 aromatic carbocycles. The second-order valence-corrected chi connectivity index (χ2v) is 8.75. The molecule has 2 atom stereocenters. The van der Waals surface area contributed by atoms with Crippen molar-refractivity contribution in [1.29, 1.82) is 0 Å². The molecule has 1 aliphatic heterocycles. The number of rotatable bonds is 6. The van der Waals surface area contributed by atoms with Crippen molar-refractivity contribution in [2.24, 2.45) is 11.8 Å². The van der Waals surface area contributed by atoms with Crippen LogP contribution in [0.3, 0.4) is 0 Å². The van der Waals surface area contributed by atoms with Crippen LogP contribution in [0, 0.1) is 11.8 Å². The zero-order chi connectivity index (χ0) is 19.4. The normalized spacial score (nSPS) is 21.2. The number of benzene rings is 1. The molecule has 0 saturated carbocycles. The Bertz CT molecular complexity index is 743. The molecule has 0 bridgehead atoms. The number of likely N-dealkylation sites (tertiary alicyclic amines) is 1. The molecule has 2 unspecified atom stereocenters. The largest absolute Gasteiger partial charge is 0.354 e. The maximum absolute atomic E-state index is 12.4. The quantitative estimate of drug-likeness (QED) is 0.851. The summed E-state index contributed by atoms with van der Waals surface area (Å²) >= 11 is 0. The summed E-state index contributed by atoms with van der Waals surface area (Å²) in [7, 11) is 0. The van der Waals surface area contributed by atoms with Gasteiger partial charge < -0.3 is 5.32 Å². The van der Waals surface area contributed by atoms with Gasteiger partial charge in [-0.3, -0.25) is 9.69 Å². The third kappa shape index (κ3) is 5.19. The monoisotopic (exact) mass is 368 g/mol. The van der Waals surface area contributed by atoms with E-state index in [1.807, 2.05) is 41.2 Å². The average molecular weight is 369 g/mol. The van der Waals surface area contributed by atoms with Gasteiger partial charge in [0.2, 0.25) is 5.91 Å². The van der Waals surface area contributed by atoms with E-state index in [4.69, 9.17) is 0 Å². The summed E-state index contributed by atoms with van der Waals surface area (Å²) in [5, 5.41) is 7.50. The molecule has 1 fully saturated rings. The lowest BCUT2D eigenvalue weighted by Crippen LogP contribution is -2.56. The van der Waals surface area contributed by atoms with Crippen molar-refractivity contribution >= 4 is 5.91 Å². The molecule has 3 rings (SSSR count). The van der Waals surface area contributed by atoms with Crippen LogP contribution in [0.15, 0.2) is 42.7 Å². The van der Waals surface area contributed by atoms with Crippen molar-refractivity contribution in [3.8, 4) is 5.69 Å². The van der Waals surface area contributed by atoms with Crippen LogP contribution in [0.2, 0.25) is 0 Å². The van der Waals surface area contributed by atoms with Crippen LogP contribution in [0.5, 0.6) is 0 Å². The van der Waals surface area contributed by atoms with Crippen molar-refractivity contribution in [2.75, 3.05) is 19.6 Å². The van der Waals surface area contributed by atoms with Gasteiger partial charge in [-0.05, 0) is 49.8 Å². The van der Waals surface area contributed by atoms with Crippen LogP contribution in [-0.4, -0.2) is 45.8 Å². The second kappa shape index (κ2) is 8.26. The highest BCUT2D eigenvalue weighted by Gasteiger charge is 2.32. The third-order valence-corrected chi connectivity index (χ3v) is 5.46. The molecule has 0 spiro atoms. The minimum absolute atomic E-state index is 0.0349. The molecule has 1 aromatic heterocycles. The van der Waals surface area contributed by atoms with Gasteiger partial charge >= 0.3 is 0 Å². The summed E-state index contributed by atoms with van der Waals surface area (Å²) in [6.07, 6.45) is 5.35. The molecule has 5 nitrogen and oxygen atoms in total. The maximum atomic E-state index is 12.4. The number of carbonyl (C=O) groups excluding carboxylic acids is 1. The van der Waals surface area contributed by atoms with Crippen LogP contribution < -0.4 is 5.32 Å². The summed E-state index contributed by atoms with van der Waals surface area (Å²) < 4.78 is 1.81. The highest BCUT2D eigenvalue weighted by molar-refractivity contribution is 5.78. The van der Waals surface area contributed by atoms with E-state index in [1.54, 1.807) is 6.20 Å². The van der Waals surface area contributed by atoms with E-state index in [0.717, 1.165) is 24.3 Å². The number of hydrogen-bond acceptors (Lipinski definition) is 3. The molecule has 1 N–H and O–H groups in total. The van der Waals surface area contributed by atoms with Crippen molar-refractivity contribution < 1.29 is 4.79 Å². The summed E-state index contributed by atoms with van der Waals surface area (Å²) in [6.45, 7) is 12.0. The van der Waals surface area contributed by atoms with E-state index < -0.39 is 0 Å². The molecule has 1 amide bonds. The molecule has 1 aliphatic rings. The molecular weight excluding hydrogens is 336 g/mol. The summed E-state index contributed by atoms with van der Waals surface area (Å²) in [5.74, 6) is 1.48. The van der Waals surface area contributed by atoms with Gasteiger partial charge in [-0.25, -0.2) is 4.68 Å². The van der Waals surface area contributed by atoms with Gasteiger partial charge in [0.05, 0.1) is 18.3 Å². The molecule has 0 radical (unpaired) electrons. The molecular formula is C22H32N4O. The first kappa shape index (κ1) is 19.6. The Balaban J connectivity index is 1.53. The lowest BCUT2D eigenvalue weighted by Gasteiger charge is -2.45. The zero-order valence-electron chi connectivity index (χ0n) is 17.0. The van der Waals surface area contributed by atoms with Crippen molar-refractivity contribution in [2.45, 2.75) is 46.1 Å². The summed E-state index contributed by atoms with van der Waals surface area (Å²) in [5.41, 5.74) is 1.89. The van der Waals surface area contributed by atoms with Crippen LogP contribution in [-0.2, 0) is 11.2 Å². The van der Waals surface area contributed by atoms with Gasteiger partial charge in [-0.1, -0.05) is 32.0 Å². The summed E-state index contributed by atoms with van der Waals surface area (Å²) in [6, 6.07) is 9.94. The third-order valence-electron chi connectivity index (χ3n) is 5.46. The zero-order valence-corrected chi connectivity index (χ0v) is 17.0. The van der Waals surface area contributed by atoms with E-state index >= 15 is 0 Å². The molecule has 27 heavy (non-hydrogen) atoms. The number of carbonyl (C=O) groups is 1. The van der Waals surface area contributed by atoms with Crippen LogP contribution >= 0.6 is 0 Å². The number of nitrogens with zero attached hydrogens (tertiary/aromatic N) is 3. The van der Waals surface area contributed by atoms with Gasteiger partial charge in [0.25, 0.3) is 0 Å². The smallest absolute Gasteiger partial charge is 0.224 e. The highest BCUT2D eigenvalue weighted by atomic mass is 16.1. The number of aromatic nitrogens is 2. The minimum atomic E-state index is -0.0349. The van der Waals surface area contributed by atoms with Crippen LogP contribution in [0.25, 0.3) is 5.69 Å². The average Bonchev–Trinajstić information content (AvgIpc) is 3.08. The molecule has 5 heteroatoms. The van der Waals surface area contributed by atoms with E-state index in [1.165, 1.54) is 6.42 Å². The Morgan fingerprint density at radius 3 is 2.52 bits per heavy atom. The SMILES string of the molecule is CC1CC(C)CN(C(C)(C)CNC(=O)Cc2cnn(-c3ccccc3)c2)C1. The van der Waals surface area contributed by atoms with Crippen LogP contribution in [0.1, 0.15) is 39.7 Å². The molecule has 0 aliphatic carbocycles. The Morgan fingerprint density at radius 2 is 1.85 bits per heavy atom. The fourth-order valence-corrected chi connectivity index (χ4v) is 4.01. The van der Waals surface area contributed by atoms with Gasteiger partial charge in [0.1, 0.15) is 0 Å². The van der Waals surface area contributed by atoms with Gasteiger partial charge in [0, 0.05) is 31.4 Å². The Labute approximate surface area is 162 Å². The standard InChI is InChI=1S/C22H32N4O/c1-17-10-18(2)14-25(13-17)22(3,4)16-23-21(27)11-19-12-24-26(15-19)20-8-6-5-7-9-20/h5-9,12,15,17-18H,10-11,13-14,16H2,1-4H3,(H,23,27). The first-order valence-corrected chi connectivity index (χ1v) is 9.94. The predicted octanol–water partition coefficient (Wildman–Crippen LogP) is 3.29. The number of para-hydroxylation sites is 1. The van der Waals surface area contributed by atoms with Gasteiger partial charge in [-0.2, -0.15) is 5.10 Å². The summed E-state index contributed by atoms with van der Waals surface area (Å²) in [4.78, 5) is 15.0. The molecule has 2 aromatic rings. The predicted molar refractivity (Wildman–Crippen MR) is 109 cm³/mol. The fraction of sp³-hybridized carbons (Fsp3) is 0.545. The lowest BCUT2D eigenvalue weighted by atomic mass is 9.88. The van der Waals surface area contributed by atoms with Crippen molar-refractivity contribution in [3.63, 3.8) is 0 Å².